The number of rotatable bonds is 36. The smallest absolute Gasteiger partial charge is 0.378 e. The first-order valence-corrected chi connectivity index (χ1v) is 24.1. The summed E-state index contributed by atoms with van der Waals surface area (Å²) in [6.45, 7) is 0. The number of alkyl halides is 50. The zero-order valence-corrected chi connectivity index (χ0v) is 48.7. The first-order valence-electron chi connectivity index (χ1n) is 24.1. The normalized spacial score (nSPS) is 16.0. The van der Waals surface area contributed by atoms with Crippen LogP contribution in [0.25, 0.3) is 0 Å². The van der Waals surface area contributed by atoms with Crippen molar-refractivity contribution in [3.8, 4) is 0 Å². The Labute approximate surface area is 573 Å². The first kappa shape index (κ1) is 104. The van der Waals surface area contributed by atoms with Crippen molar-refractivity contribution in [2.45, 2.75) is 152 Å². The average molecular weight is 1870 g/mol. The lowest BCUT2D eigenvalue weighted by molar-refractivity contribution is -0.602. The lowest BCUT2D eigenvalue weighted by Gasteiger charge is -2.44. The summed E-state index contributed by atoms with van der Waals surface area (Å²) in [7, 11) is 0. The summed E-state index contributed by atoms with van der Waals surface area (Å²) in [6.07, 6.45) is -181. The van der Waals surface area contributed by atoms with Gasteiger partial charge in [-0.3, -0.25) is 4.79 Å². The van der Waals surface area contributed by atoms with E-state index >= 15 is 0 Å². The largest absolute Gasteiger partial charge is 0.453 e. The number of amides is 2. The van der Waals surface area contributed by atoms with Crippen LogP contribution in [-0.2, 0) is 64.4 Å². The molecule has 2 amide bonds. The molecule has 14 nitrogen and oxygen atoms in total. The quantitative estimate of drug-likeness (QED) is 0.0211. The van der Waals surface area contributed by atoms with Gasteiger partial charge in [-0.25, -0.2) is 91.3 Å². The van der Waals surface area contributed by atoms with Gasteiger partial charge in [0.25, 0.3) is 0 Å². The molecule has 0 aromatic heterocycles. The van der Waals surface area contributed by atoms with E-state index in [2.05, 4.69) is 0 Å². The molecule has 672 valence electrons. The zero-order chi connectivity index (χ0) is 92.8. The van der Waals surface area contributed by atoms with Crippen molar-refractivity contribution in [1.29, 1.82) is 0 Å². The summed E-state index contributed by atoms with van der Waals surface area (Å²) in [5.74, 6) is -84.2. The number of ether oxygens (including phenoxy) is 10. The zero-order valence-electron chi connectivity index (χ0n) is 48.7. The van der Waals surface area contributed by atoms with Gasteiger partial charge in [-0.1, -0.05) is 19.2 Å². The summed E-state index contributed by atoms with van der Waals surface area (Å²) in [5, 5.41) is -10.3. The topological polar surface area (TPSA) is 133 Å². The SMILES string of the molecule is O=C(OC(F)(F)c1c(F)c(F)c(F)c(F)c1F)N(F)[C@@](F)(C(F)(F)F)C(F)(F)C(F)(F)C(F)(F)C(F)(F)N(F)C(=O)C(F)(F)OC(F)(F)C(F)(F)OC(F)(F)C(F)(F)OC(F)(F)C(F)(F)OC(F)(F)C(F)(F)OC(F)(F)C(F)(F)OC(F)(F)C(F)(F)OC(F)(F)C(F)(F)OC(F)(F)C(F)(F)OC(F)(F)c1c(F)c(F)c(F)c(F)c1F. The maximum Gasteiger partial charge on any atom is 0.453 e. The van der Waals surface area contributed by atoms with Crippen molar-refractivity contribution in [2.24, 2.45) is 0 Å². The van der Waals surface area contributed by atoms with E-state index in [-0.39, 0.29) is 0 Å². The molecule has 0 aliphatic rings. The average Bonchev–Trinajstić information content (AvgIpc) is 0.693. The molecule has 115 heavy (non-hydrogen) atoms. The molecule has 0 aliphatic carbocycles. The number of carbonyl (C=O) groups excluding carboxylic acids is 2. The summed E-state index contributed by atoms with van der Waals surface area (Å²) in [5.41, 5.74) is -8.39. The van der Waals surface area contributed by atoms with E-state index in [1.54, 1.807) is 0 Å². The van der Waals surface area contributed by atoms with Crippen molar-refractivity contribution in [2.75, 3.05) is 0 Å². The van der Waals surface area contributed by atoms with E-state index in [1.807, 2.05) is 4.74 Å². The molecule has 0 aliphatic heterocycles. The van der Waals surface area contributed by atoms with Gasteiger partial charge in [0, 0.05) is 0 Å². The Morgan fingerprint density at radius 2 is 0.400 bits per heavy atom. The van der Waals surface area contributed by atoms with E-state index < -0.39 is 243 Å². The van der Waals surface area contributed by atoms with Crippen LogP contribution in [0.15, 0.2) is 0 Å². The Hall–Kier alpha value is -7.52. The Balaban J connectivity index is 2.47. The number of carbonyl (C=O) groups is 2. The Kier molecular flexibility index (Phi) is 26.5. The second-order valence-electron chi connectivity index (χ2n) is 19.2. The standard InChI is InChI=1S/C39F62N2O12/c40-3-1(4(41)8(45)11(48)7(3)44)15(50,51)106-14(105)103(101)21(62,22(63,64)65)19(58,59)18(56,57)20(60,61)23(66,67)102(100)13(104)17(54,55)108-25(70,71)27(74,75)110-29(78,79)31(82,83)112-33(86,87)35(90,91)114-37(94,95)39(98,99)115-38(96,97)36(92,93)113-34(88,89)32(84,85)111-30(80,81)28(76,77)109-26(72,73)24(68,69)107-16(52,53)2-5(42)9(46)12(49)10(47)6(2)43/t21-/m1/s1. The predicted molar refractivity (Wildman–Crippen MR) is 201 cm³/mol. The second-order valence-corrected chi connectivity index (χ2v) is 19.2. The number of hydrogen-bond acceptors (Lipinski definition) is 12. The highest BCUT2D eigenvalue weighted by atomic mass is 19.4. The Morgan fingerprint density at radius 1 is 0.217 bits per heavy atom. The second kappa shape index (κ2) is 29.5. The van der Waals surface area contributed by atoms with Crippen LogP contribution in [0.4, 0.5) is 277 Å². The number of halogens is 62. The van der Waals surface area contributed by atoms with Crippen LogP contribution in [0.5, 0.6) is 0 Å². The van der Waals surface area contributed by atoms with Gasteiger partial charge in [-0.15, -0.1) is 0 Å². The van der Waals surface area contributed by atoms with Crippen molar-refractivity contribution in [3.63, 3.8) is 0 Å². The van der Waals surface area contributed by atoms with Gasteiger partial charge in [0.05, 0.1) is 0 Å². The molecular formula is C39F62N2O12. The van der Waals surface area contributed by atoms with Crippen LogP contribution < -0.4 is 0 Å². The maximum absolute atomic E-state index is 14.9. The highest BCUT2D eigenvalue weighted by Gasteiger charge is 2.95. The maximum atomic E-state index is 14.9. The van der Waals surface area contributed by atoms with E-state index in [4.69, 9.17) is 0 Å². The van der Waals surface area contributed by atoms with Crippen molar-refractivity contribution in [1.82, 2.24) is 10.2 Å². The van der Waals surface area contributed by atoms with Crippen LogP contribution in [-0.4, -0.2) is 162 Å². The molecule has 2 aromatic rings. The van der Waals surface area contributed by atoms with Gasteiger partial charge in [0.1, 0.15) is 11.1 Å². The van der Waals surface area contributed by atoms with Crippen LogP contribution >= 0.6 is 0 Å². The molecule has 0 fully saturated rings. The van der Waals surface area contributed by atoms with E-state index in [1.165, 1.54) is 4.74 Å². The molecule has 0 saturated carbocycles. The minimum absolute atomic E-state index is 0.745. The fraction of sp³-hybridized carbons (Fsp3) is 0.641. The minimum atomic E-state index is -10.0. The highest BCUT2D eigenvalue weighted by Crippen LogP contribution is 2.64. The molecule has 0 bridgehead atoms. The third kappa shape index (κ3) is 17.9. The molecule has 2 rings (SSSR count). The summed E-state index contributed by atoms with van der Waals surface area (Å²) in [6, 6.07) is -9.55. The van der Waals surface area contributed by atoms with Gasteiger partial charge in [-0.2, -0.15) is 220 Å². The van der Waals surface area contributed by atoms with Crippen molar-refractivity contribution >= 4 is 12.0 Å². The third-order valence-electron chi connectivity index (χ3n) is 11.3. The van der Waals surface area contributed by atoms with Crippen LogP contribution in [0.2, 0.25) is 0 Å². The lowest BCUT2D eigenvalue weighted by atomic mass is 9.93. The van der Waals surface area contributed by atoms with Gasteiger partial charge >= 0.3 is 164 Å². The fourth-order valence-corrected chi connectivity index (χ4v) is 5.91. The molecular weight excluding hydrogens is 1870 g/mol. The lowest BCUT2D eigenvalue weighted by Crippen LogP contribution is -2.77. The number of nitrogens with zero attached hydrogens (tertiary/aromatic N) is 2. The molecule has 0 spiro atoms. The molecule has 0 heterocycles. The molecule has 0 radical (unpaired) electrons. The van der Waals surface area contributed by atoms with E-state index in [0.29, 0.717) is 0 Å². The summed E-state index contributed by atoms with van der Waals surface area (Å²) >= 11 is 0. The molecule has 0 unspecified atom stereocenters. The van der Waals surface area contributed by atoms with Gasteiger partial charge in [0.2, 0.25) is 11.6 Å². The van der Waals surface area contributed by atoms with E-state index in [9.17, 15) is 282 Å². The third-order valence-corrected chi connectivity index (χ3v) is 11.3. The highest BCUT2D eigenvalue weighted by molar-refractivity contribution is 5.81. The van der Waals surface area contributed by atoms with E-state index in [0.717, 1.165) is 37.9 Å². The molecule has 2 aromatic carbocycles. The predicted octanol–water partition coefficient (Wildman–Crippen LogP) is 19.9. The van der Waals surface area contributed by atoms with Gasteiger partial charge in [-0.05, 0) is 0 Å². The van der Waals surface area contributed by atoms with Gasteiger partial charge < -0.3 is 4.74 Å². The van der Waals surface area contributed by atoms with Crippen LogP contribution in [0.1, 0.15) is 11.1 Å². The molecule has 76 heteroatoms. The summed E-state index contributed by atoms with van der Waals surface area (Å²) < 4.78 is 874. The monoisotopic (exact) mass is 1870 g/mol. The number of hydrogen-bond donors (Lipinski definition) is 0. The van der Waals surface area contributed by atoms with Crippen molar-refractivity contribution in [3.05, 3.63) is 69.3 Å². The number of benzene rings is 2. The first-order chi connectivity index (χ1) is 49.6. The minimum Gasteiger partial charge on any atom is -0.378 e. The van der Waals surface area contributed by atoms with Crippen molar-refractivity contribution < 1.29 is 329 Å². The molecule has 0 N–H and O–H groups in total. The Bertz CT molecular complexity index is 3850. The van der Waals surface area contributed by atoms with Crippen LogP contribution in [0, 0.1) is 58.2 Å². The summed E-state index contributed by atoms with van der Waals surface area (Å²) in [4.78, 5) is 22.9. The molecule has 0 saturated heterocycles. The fourth-order valence-electron chi connectivity index (χ4n) is 5.91. The Morgan fingerprint density at radius 3 is 0.609 bits per heavy atom. The van der Waals surface area contributed by atoms with Gasteiger partial charge in [0.15, 0.2) is 46.5 Å². The molecule has 1 atom stereocenters. The van der Waals surface area contributed by atoms with Crippen LogP contribution in [0.3, 0.4) is 0 Å².